The van der Waals surface area contributed by atoms with Gasteiger partial charge in [0.1, 0.15) is 0 Å². The Morgan fingerprint density at radius 2 is 1.75 bits per heavy atom. The Labute approximate surface area is 148 Å². The third-order valence-corrected chi connectivity index (χ3v) is 6.75. The highest BCUT2D eigenvalue weighted by atomic mass is 16.7. The van der Waals surface area contributed by atoms with Crippen molar-refractivity contribution >= 4 is 5.97 Å². The summed E-state index contributed by atoms with van der Waals surface area (Å²) in [4.78, 5) is 12.6. The zero-order valence-corrected chi connectivity index (χ0v) is 17.3. The van der Waals surface area contributed by atoms with E-state index in [1.165, 1.54) is 19.3 Å². The maximum absolute atomic E-state index is 12.6. The number of esters is 1. The molecule has 0 saturated heterocycles. The SMILES string of the molecule is CCC(C)(C)C(=O)OC(OC1C2(C)CCC(C2)C1(C)C)C(C)(C)C. The average Bonchev–Trinajstić information content (AvgIpc) is 2.91. The Hall–Kier alpha value is -0.570. The van der Waals surface area contributed by atoms with Crippen LogP contribution in [0.4, 0.5) is 0 Å². The van der Waals surface area contributed by atoms with E-state index in [1.54, 1.807) is 0 Å². The Morgan fingerprint density at radius 1 is 1.17 bits per heavy atom. The summed E-state index contributed by atoms with van der Waals surface area (Å²) in [6.07, 6.45) is 4.15. The molecule has 2 saturated carbocycles. The maximum atomic E-state index is 12.6. The first-order valence-corrected chi connectivity index (χ1v) is 9.60. The highest BCUT2D eigenvalue weighted by Crippen LogP contribution is 2.64. The lowest BCUT2D eigenvalue weighted by Crippen LogP contribution is -2.48. The fourth-order valence-corrected chi connectivity index (χ4v) is 4.53. The van der Waals surface area contributed by atoms with E-state index >= 15 is 0 Å². The van der Waals surface area contributed by atoms with Crippen molar-refractivity contribution in [1.29, 1.82) is 0 Å². The smallest absolute Gasteiger partial charge is 0.313 e. The molecule has 0 aromatic rings. The Morgan fingerprint density at radius 3 is 2.17 bits per heavy atom. The second-order valence-electron chi connectivity index (χ2n) is 10.8. The van der Waals surface area contributed by atoms with Gasteiger partial charge in [0.05, 0.1) is 11.5 Å². The molecule has 0 heterocycles. The second-order valence-corrected chi connectivity index (χ2v) is 10.8. The van der Waals surface area contributed by atoms with Gasteiger partial charge in [0, 0.05) is 5.41 Å². The number of fused-ring (bicyclic) bond motifs is 2. The molecular formula is C21H38O3. The van der Waals surface area contributed by atoms with Gasteiger partial charge in [0.15, 0.2) is 0 Å². The monoisotopic (exact) mass is 338 g/mol. The van der Waals surface area contributed by atoms with Gasteiger partial charge in [-0.15, -0.1) is 0 Å². The van der Waals surface area contributed by atoms with Crippen LogP contribution in [0.5, 0.6) is 0 Å². The molecule has 140 valence electrons. The van der Waals surface area contributed by atoms with Gasteiger partial charge >= 0.3 is 5.97 Å². The summed E-state index contributed by atoms with van der Waals surface area (Å²) in [5, 5.41) is 0. The molecular weight excluding hydrogens is 300 g/mol. The molecule has 2 bridgehead atoms. The van der Waals surface area contributed by atoms with Crippen LogP contribution in [-0.2, 0) is 14.3 Å². The molecule has 4 unspecified atom stereocenters. The molecule has 0 radical (unpaired) electrons. The summed E-state index contributed by atoms with van der Waals surface area (Å²) in [6.45, 7) is 19.2. The van der Waals surface area contributed by atoms with Crippen LogP contribution in [0.25, 0.3) is 0 Å². The lowest BCUT2D eigenvalue weighted by atomic mass is 9.70. The van der Waals surface area contributed by atoms with Gasteiger partial charge in [-0.05, 0) is 56.3 Å². The number of rotatable bonds is 5. The van der Waals surface area contributed by atoms with Crippen LogP contribution in [0.1, 0.15) is 88.0 Å². The van der Waals surface area contributed by atoms with Crippen LogP contribution in [0.15, 0.2) is 0 Å². The van der Waals surface area contributed by atoms with Crippen molar-refractivity contribution in [3.05, 3.63) is 0 Å². The van der Waals surface area contributed by atoms with Crippen molar-refractivity contribution in [3.8, 4) is 0 Å². The fraction of sp³-hybridized carbons (Fsp3) is 0.952. The predicted molar refractivity (Wildman–Crippen MR) is 97.5 cm³/mol. The summed E-state index contributed by atoms with van der Waals surface area (Å²) in [5.74, 6) is 0.562. The first-order valence-electron chi connectivity index (χ1n) is 9.60. The quantitative estimate of drug-likeness (QED) is 0.485. The molecule has 2 aliphatic rings. The number of ether oxygens (including phenoxy) is 2. The van der Waals surface area contributed by atoms with Gasteiger partial charge in [-0.25, -0.2) is 0 Å². The average molecular weight is 339 g/mol. The normalized spacial score (nSPS) is 33.5. The van der Waals surface area contributed by atoms with Crippen molar-refractivity contribution in [2.75, 3.05) is 0 Å². The molecule has 24 heavy (non-hydrogen) atoms. The molecule has 3 heteroatoms. The second kappa shape index (κ2) is 6.00. The topological polar surface area (TPSA) is 35.5 Å². The third-order valence-electron chi connectivity index (χ3n) is 6.75. The Kier molecular flexibility index (Phi) is 4.94. The van der Waals surface area contributed by atoms with Gasteiger partial charge in [-0.3, -0.25) is 4.79 Å². The number of carbonyl (C=O) groups excluding carboxylic acids is 1. The number of hydrogen-bond acceptors (Lipinski definition) is 3. The van der Waals surface area contributed by atoms with E-state index in [9.17, 15) is 4.79 Å². The fourth-order valence-electron chi connectivity index (χ4n) is 4.53. The van der Waals surface area contributed by atoms with Gasteiger partial charge in [-0.1, -0.05) is 48.5 Å². The van der Waals surface area contributed by atoms with E-state index < -0.39 is 11.7 Å². The zero-order chi connectivity index (χ0) is 18.6. The molecule has 3 nitrogen and oxygen atoms in total. The Bertz CT molecular complexity index is 481. The number of hydrogen-bond donors (Lipinski definition) is 0. The summed E-state index contributed by atoms with van der Waals surface area (Å²) < 4.78 is 12.5. The largest absolute Gasteiger partial charge is 0.435 e. The zero-order valence-electron chi connectivity index (χ0n) is 17.3. The van der Waals surface area contributed by atoms with Crippen LogP contribution in [0.3, 0.4) is 0 Å². The van der Waals surface area contributed by atoms with Crippen LogP contribution in [0.2, 0.25) is 0 Å². The van der Waals surface area contributed by atoms with Crippen molar-refractivity contribution in [3.63, 3.8) is 0 Å². The molecule has 0 spiro atoms. The molecule has 4 atom stereocenters. The number of carbonyl (C=O) groups is 1. The van der Waals surface area contributed by atoms with Crippen molar-refractivity contribution < 1.29 is 14.3 Å². The van der Waals surface area contributed by atoms with Crippen LogP contribution >= 0.6 is 0 Å². The Balaban J connectivity index is 2.20. The van der Waals surface area contributed by atoms with E-state index in [1.807, 2.05) is 20.8 Å². The molecule has 2 fully saturated rings. The first kappa shape index (κ1) is 19.8. The summed E-state index contributed by atoms with van der Waals surface area (Å²) in [6, 6.07) is 0. The maximum Gasteiger partial charge on any atom is 0.313 e. The van der Waals surface area contributed by atoms with Gasteiger partial charge in [0.2, 0.25) is 6.29 Å². The minimum absolute atomic E-state index is 0.142. The lowest BCUT2D eigenvalue weighted by Gasteiger charge is -2.46. The third kappa shape index (κ3) is 3.38. The van der Waals surface area contributed by atoms with Crippen molar-refractivity contribution in [1.82, 2.24) is 0 Å². The first-order chi connectivity index (χ1) is 10.7. The lowest BCUT2D eigenvalue weighted by molar-refractivity contribution is -0.253. The van der Waals surface area contributed by atoms with E-state index in [0.717, 1.165) is 12.3 Å². The highest BCUT2D eigenvalue weighted by Gasteiger charge is 2.61. The molecule has 0 aliphatic heterocycles. The van der Waals surface area contributed by atoms with Crippen LogP contribution < -0.4 is 0 Å². The van der Waals surface area contributed by atoms with Crippen molar-refractivity contribution in [2.45, 2.75) is 100 Å². The minimum Gasteiger partial charge on any atom is -0.435 e. The van der Waals surface area contributed by atoms with E-state index in [-0.39, 0.29) is 28.3 Å². The molecule has 0 aromatic heterocycles. The van der Waals surface area contributed by atoms with Crippen molar-refractivity contribution in [2.24, 2.45) is 27.6 Å². The highest BCUT2D eigenvalue weighted by molar-refractivity contribution is 5.75. The summed E-state index contributed by atoms with van der Waals surface area (Å²) >= 11 is 0. The molecule has 0 N–H and O–H groups in total. The van der Waals surface area contributed by atoms with Crippen LogP contribution in [0, 0.1) is 27.6 Å². The molecule has 0 amide bonds. The minimum atomic E-state index is -0.503. The molecule has 2 rings (SSSR count). The molecule has 2 aliphatic carbocycles. The van der Waals surface area contributed by atoms with Gasteiger partial charge in [-0.2, -0.15) is 0 Å². The van der Waals surface area contributed by atoms with Gasteiger partial charge < -0.3 is 9.47 Å². The summed E-state index contributed by atoms with van der Waals surface area (Å²) in [7, 11) is 0. The standard InChI is InChI=1S/C21H38O3/c1-10-19(5,6)16(22)24-17(18(2,3)4)23-15-20(7,8)14-11-12-21(15,9)13-14/h14-15,17H,10-13H2,1-9H3. The summed E-state index contributed by atoms with van der Waals surface area (Å²) in [5.41, 5.74) is -0.359. The van der Waals surface area contributed by atoms with Gasteiger partial charge in [0.25, 0.3) is 0 Å². The van der Waals surface area contributed by atoms with E-state index in [0.29, 0.717) is 0 Å². The van der Waals surface area contributed by atoms with E-state index in [2.05, 4.69) is 41.5 Å². The van der Waals surface area contributed by atoms with Crippen LogP contribution in [-0.4, -0.2) is 18.4 Å². The van der Waals surface area contributed by atoms with E-state index in [4.69, 9.17) is 9.47 Å². The molecule has 0 aromatic carbocycles. The predicted octanol–water partition coefficient (Wildman–Crippen LogP) is 5.57.